The Morgan fingerprint density at radius 3 is 2.00 bits per heavy atom. The van der Waals surface area contributed by atoms with Crippen LogP contribution in [0.3, 0.4) is 0 Å². The molecule has 0 aliphatic rings. The van der Waals surface area contributed by atoms with Crippen LogP contribution in [0.5, 0.6) is 0 Å². The molecule has 2 atom stereocenters. The zero-order valence-electron chi connectivity index (χ0n) is 16.1. The minimum atomic E-state index is -0.523. The average Bonchev–Trinajstić information content (AvgIpc) is 3.24. The van der Waals surface area contributed by atoms with E-state index in [0.717, 1.165) is 8.95 Å². The number of H-pyrrole nitrogens is 1. The number of nitrogens with zero attached hydrogens (tertiary/aromatic N) is 3. The molecule has 0 saturated carbocycles. The minimum absolute atomic E-state index is 0. The van der Waals surface area contributed by atoms with Crippen molar-refractivity contribution in [3.05, 3.63) is 33.7 Å². The van der Waals surface area contributed by atoms with Crippen LogP contribution in [-0.4, -0.2) is 51.5 Å². The van der Waals surface area contributed by atoms with Crippen molar-refractivity contribution in [1.29, 1.82) is 0 Å². The van der Waals surface area contributed by atoms with Crippen molar-refractivity contribution in [2.45, 2.75) is 25.3 Å². The number of hydrogen-bond donors (Lipinski definition) is 1. The first-order valence-corrected chi connectivity index (χ1v) is 8.88. The largest absolute Gasteiger partial charge is 1.00 e. The molecule has 2 aromatic rings. The van der Waals surface area contributed by atoms with Crippen LogP contribution >= 0.6 is 43.5 Å². The first-order valence-electron chi connectivity index (χ1n) is 6.86. The van der Waals surface area contributed by atoms with Crippen LogP contribution < -0.4 is 29.6 Å². The number of rotatable bonds is 3. The number of aromatic amines is 1. The third-order valence-corrected chi connectivity index (χ3v) is 3.52. The second-order valence-corrected chi connectivity index (χ2v) is 6.88. The van der Waals surface area contributed by atoms with Crippen molar-refractivity contribution in [2.24, 2.45) is 0 Å². The van der Waals surface area contributed by atoms with E-state index in [1.165, 1.54) is 18.9 Å². The molecule has 0 aliphatic heterocycles. The monoisotopic (exact) mass is 524 g/mol. The molecule has 0 unspecified atom stereocenters. The summed E-state index contributed by atoms with van der Waals surface area (Å²) in [5, 5.41) is 9.71. The van der Waals surface area contributed by atoms with Gasteiger partial charge in [-0.3, -0.25) is 14.6 Å². The maximum atomic E-state index is 11.0. The van der Waals surface area contributed by atoms with E-state index in [4.69, 9.17) is 11.6 Å². The minimum Gasteiger partial charge on any atom is -1.00 e. The van der Waals surface area contributed by atoms with Gasteiger partial charge in [-0.15, -0.1) is 11.6 Å². The van der Waals surface area contributed by atoms with Crippen LogP contribution in [0.25, 0.3) is 0 Å². The van der Waals surface area contributed by atoms with Gasteiger partial charge in [0.1, 0.15) is 11.4 Å². The van der Waals surface area contributed by atoms with E-state index >= 15 is 0 Å². The summed E-state index contributed by atoms with van der Waals surface area (Å²) >= 11 is 11.7. The molecular weight excluding hydrogens is 506 g/mol. The fourth-order valence-corrected chi connectivity index (χ4v) is 1.80. The SMILES string of the molecule is Brc1cn[nH]c1.COC(=O)[C@@H](C)n1cc(Br)cn1.COC(=O)[C@H](C)Cl.[H-].[Na+]. The van der Waals surface area contributed by atoms with E-state index in [0.29, 0.717) is 0 Å². The molecule has 0 fully saturated rings. The van der Waals surface area contributed by atoms with Crippen LogP contribution in [0.2, 0.25) is 0 Å². The van der Waals surface area contributed by atoms with Crippen molar-refractivity contribution in [1.82, 2.24) is 20.0 Å². The second-order valence-electron chi connectivity index (χ2n) is 4.39. The van der Waals surface area contributed by atoms with E-state index in [1.54, 1.807) is 38.6 Å². The fourth-order valence-electron chi connectivity index (χ4n) is 1.20. The zero-order chi connectivity index (χ0) is 19.4. The summed E-state index contributed by atoms with van der Waals surface area (Å²) in [6.45, 7) is 3.29. The van der Waals surface area contributed by atoms with Gasteiger partial charge in [0.2, 0.25) is 0 Å². The zero-order valence-corrected chi connectivity index (χ0v) is 21.0. The molecule has 0 aromatic carbocycles. The fraction of sp³-hybridized carbons (Fsp3) is 0.429. The number of alkyl halides is 1. The van der Waals surface area contributed by atoms with Gasteiger partial charge in [0.15, 0.2) is 0 Å². The number of hydrogen-bond acceptors (Lipinski definition) is 6. The normalized spacial score (nSPS) is 11.3. The third-order valence-electron chi connectivity index (χ3n) is 2.50. The van der Waals surface area contributed by atoms with Gasteiger partial charge in [-0.05, 0) is 45.7 Å². The summed E-state index contributed by atoms with van der Waals surface area (Å²) in [6, 6.07) is -0.374. The molecule has 0 amide bonds. The van der Waals surface area contributed by atoms with Gasteiger partial charge in [0, 0.05) is 12.4 Å². The number of carbonyl (C=O) groups excluding carboxylic acids is 2. The number of aromatic nitrogens is 4. The van der Waals surface area contributed by atoms with Crippen LogP contribution in [0.4, 0.5) is 0 Å². The standard InChI is InChI=1S/C7H9BrN2O2.C4H7ClO2.C3H3BrN2.Na.H/c1-5(7(11)12-2)10-4-6(8)3-9-10;1-3(5)4(6)7-2;4-3-1-5-6-2-3;;/h3-5H,1-2H3;3H,1-2H3;1-2H,(H,5,6);;/q;;;+1;-1/t5-;3-;;;/m10.../s1. The number of nitrogens with one attached hydrogen (secondary N) is 1. The molecule has 0 bridgehead atoms. The topological polar surface area (TPSA) is 99.1 Å². The summed E-state index contributed by atoms with van der Waals surface area (Å²) in [5.41, 5.74) is 0. The summed E-state index contributed by atoms with van der Waals surface area (Å²) in [4.78, 5) is 21.2. The van der Waals surface area contributed by atoms with Gasteiger partial charge < -0.3 is 10.9 Å². The predicted octanol–water partition coefficient (Wildman–Crippen LogP) is 0.455. The molecule has 1 N–H and O–H groups in total. The molecule has 2 aromatic heterocycles. The number of carbonyl (C=O) groups is 2. The van der Waals surface area contributed by atoms with E-state index in [1.807, 2.05) is 0 Å². The maximum absolute atomic E-state index is 11.0. The molecule has 2 rings (SSSR count). The van der Waals surface area contributed by atoms with Crippen LogP contribution in [0.1, 0.15) is 21.3 Å². The molecule has 26 heavy (non-hydrogen) atoms. The Bertz CT molecular complexity index is 647. The molecule has 0 saturated heterocycles. The Morgan fingerprint density at radius 2 is 1.77 bits per heavy atom. The molecule has 2 heterocycles. The Hall–Kier alpha value is -0.390. The predicted molar refractivity (Wildman–Crippen MR) is 101 cm³/mol. The van der Waals surface area contributed by atoms with Crippen LogP contribution in [-0.2, 0) is 19.1 Å². The number of methoxy groups -OCH3 is 2. The van der Waals surface area contributed by atoms with Crippen LogP contribution in [0.15, 0.2) is 33.7 Å². The van der Waals surface area contributed by atoms with E-state index in [-0.39, 0.29) is 49.0 Å². The molecule has 8 nitrogen and oxygen atoms in total. The number of ether oxygens (including phenoxy) is 2. The van der Waals surface area contributed by atoms with Gasteiger partial charge in [-0.1, -0.05) is 0 Å². The van der Waals surface area contributed by atoms with Gasteiger partial charge in [-0.2, -0.15) is 10.2 Å². The second kappa shape index (κ2) is 15.6. The Kier molecular flexibility index (Phi) is 16.7. The summed E-state index contributed by atoms with van der Waals surface area (Å²) < 4.78 is 12.2. The first-order chi connectivity index (χ1) is 11.7. The molecule has 0 aliphatic carbocycles. The van der Waals surface area contributed by atoms with Gasteiger partial charge in [0.05, 0.1) is 35.6 Å². The quantitative estimate of drug-likeness (QED) is 0.355. The molecular formula is C14H20Br2ClN4NaO4. The van der Waals surface area contributed by atoms with E-state index < -0.39 is 5.38 Å². The average molecular weight is 527 g/mol. The van der Waals surface area contributed by atoms with Gasteiger partial charge in [-0.25, -0.2) is 4.79 Å². The Morgan fingerprint density at radius 1 is 1.19 bits per heavy atom. The molecule has 12 heteroatoms. The smallest absolute Gasteiger partial charge is 1.00 e. The number of halogens is 3. The molecule has 0 spiro atoms. The summed E-state index contributed by atoms with van der Waals surface area (Å²) in [7, 11) is 2.67. The van der Waals surface area contributed by atoms with Gasteiger partial charge in [0.25, 0.3) is 0 Å². The van der Waals surface area contributed by atoms with Crippen molar-refractivity contribution in [2.75, 3.05) is 14.2 Å². The van der Waals surface area contributed by atoms with Gasteiger partial charge >= 0.3 is 41.5 Å². The third kappa shape index (κ3) is 12.1. The van der Waals surface area contributed by atoms with E-state index in [2.05, 4.69) is 56.6 Å². The van der Waals surface area contributed by atoms with Crippen molar-refractivity contribution in [3.63, 3.8) is 0 Å². The van der Waals surface area contributed by atoms with Crippen LogP contribution in [0, 0.1) is 0 Å². The van der Waals surface area contributed by atoms with E-state index in [9.17, 15) is 9.59 Å². The summed E-state index contributed by atoms with van der Waals surface area (Å²) in [5.74, 6) is -0.688. The number of esters is 2. The Labute approximate surface area is 197 Å². The Balaban J connectivity index is -0.000000333. The first kappa shape index (κ1) is 27.8. The maximum Gasteiger partial charge on any atom is 1.00 e. The molecule has 142 valence electrons. The van der Waals surface area contributed by atoms with Crippen molar-refractivity contribution < 1.29 is 50.0 Å². The molecule has 0 radical (unpaired) electrons. The van der Waals surface area contributed by atoms with Crippen molar-refractivity contribution in [3.8, 4) is 0 Å². The van der Waals surface area contributed by atoms with Crippen molar-refractivity contribution >= 4 is 55.4 Å². The summed E-state index contributed by atoms with van der Waals surface area (Å²) in [6.07, 6.45) is 6.81.